The molecule has 0 saturated heterocycles. The molecule has 2 aromatic rings. The van der Waals surface area contributed by atoms with Gasteiger partial charge in [-0.3, -0.25) is 4.98 Å². The van der Waals surface area contributed by atoms with E-state index in [9.17, 15) is 0 Å². The van der Waals surface area contributed by atoms with Crippen LogP contribution in [-0.4, -0.2) is 4.98 Å². The smallest absolute Gasteiger partial charge is 0.127 e. The second kappa shape index (κ2) is 4.67. The first-order chi connectivity index (χ1) is 9.13. The molecule has 2 N–H and O–H groups in total. The van der Waals surface area contributed by atoms with E-state index >= 15 is 0 Å². The van der Waals surface area contributed by atoms with Gasteiger partial charge in [0, 0.05) is 35.5 Å². The number of aromatic nitrogens is 1. The molecule has 19 heavy (non-hydrogen) atoms. The number of nitrogens with two attached hydrogens (primary N) is 1. The SMILES string of the molecule is Cc1ccc2c(c1)[C@H](N)CC(c1ccc(C)nc1)O2. The highest BCUT2D eigenvalue weighted by molar-refractivity contribution is 5.41. The van der Waals surface area contributed by atoms with Crippen molar-refractivity contribution in [3.8, 4) is 5.75 Å². The molecule has 0 fully saturated rings. The zero-order chi connectivity index (χ0) is 13.4. The maximum absolute atomic E-state index is 6.27. The molecule has 3 rings (SSSR count). The fraction of sp³-hybridized carbons (Fsp3) is 0.312. The van der Waals surface area contributed by atoms with E-state index in [2.05, 4.69) is 30.1 Å². The minimum Gasteiger partial charge on any atom is -0.485 e. The predicted octanol–water partition coefficient (Wildman–Crippen LogP) is 3.22. The largest absolute Gasteiger partial charge is 0.485 e. The topological polar surface area (TPSA) is 48.1 Å². The van der Waals surface area contributed by atoms with Crippen molar-refractivity contribution >= 4 is 0 Å². The fourth-order valence-electron chi connectivity index (χ4n) is 2.50. The van der Waals surface area contributed by atoms with Crippen LogP contribution in [0.4, 0.5) is 0 Å². The highest BCUT2D eigenvalue weighted by Gasteiger charge is 2.27. The van der Waals surface area contributed by atoms with Crippen LogP contribution in [0.5, 0.6) is 5.75 Å². The van der Waals surface area contributed by atoms with E-state index in [-0.39, 0.29) is 12.1 Å². The molecule has 0 spiro atoms. The minimum atomic E-state index is -0.00157. The number of hydrogen-bond acceptors (Lipinski definition) is 3. The summed E-state index contributed by atoms with van der Waals surface area (Å²) in [5, 5.41) is 0. The van der Waals surface area contributed by atoms with Gasteiger partial charge < -0.3 is 10.5 Å². The van der Waals surface area contributed by atoms with E-state index < -0.39 is 0 Å². The molecule has 98 valence electrons. The van der Waals surface area contributed by atoms with E-state index in [0.29, 0.717) is 0 Å². The molecular formula is C16H18N2O. The highest BCUT2D eigenvalue weighted by atomic mass is 16.5. The third-order valence-electron chi connectivity index (χ3n) is 3.61. The summed E-state index contributed by atoms with van der Waals surface area (Å²) in [7, 11) is 0. The molecule has 0 amide bonds. The number of ether oxygens (including phenoxy) is 1. The fourth-order valence-corrected chi connectivity index (χ4v) is 2.50. The van der Waals surface area contributed by atoms with Crippen LogP contribution in [0, 0.1) is 13.8 Å². The van der Waals surface area contributed by atoms with Crippen molar-refractivity contribution in [2.45, 2.75) is 32.4 Å². The molecule has 1 aliphatic heterocycles. The van der Waals surface area contributed by atoms with Crippen LogP contribution in [0.15, 0.2) is 36.5 Å². The van der Waals surface area contributed by atoms with Crippen molar-refractivity contribution in [3.05, 3.63) is 58.9 Å². The van der Waals surface area contributed by atoms with Crippen LogP contribution in [0.25, 0.3) is 0 Å². The van der Waals surface area contributed by atoms with Gasteiger partial charge in [-0.25, -0.2) is 0 Å². The van der Waals surface area contributed by atoms with Gasteiger partial charge in [-0.1, -0.05) is 23.8 Å². The van der Waals surface area contributed by atoms with Gasteiger partial charge in [0.05, 0.1) is 0 Å². The average molecular weight is 254 g/mol. The Morgan fingerprint density at radius 3 is 2.79 bits per heavy atom. The maximum atomic E-state index is 6.27. The van der Waals surface area contributed by atoms with Crippen molar-refractivity contribution in [2.75, 3.05) is 0 Å². The molecule has 1 aliphatic rings. The molecule has 3 heteroatoms. The summed E-state index contributed by atoms with van der Waals surface area (Å²) in [5.41, 5.74) is 10.7. The Hall–Kier alpha value is -1.87. The lowest BCUT2D eigenvalue weighted by Crippen LogP contribution is -2.24. The molecule has 0 aliphatic carbocycles. The van der Waals surface area contributed by atoms with Crippen LogP contribution in [0.3, 0.4) is 0 Å². The second-order valence-corrected chi connectivity index (χ2v) is 5.22. The Bertz CT molecular complexity index is 592. The number of nitrogens with zero attached hydrogens (tertiary/aromatic N) is 1. The molecule has 3 nitrogen and oxygen atoms in total. The van der Waals surface area contributed by atoms with Crippen molar-refractivity contribution in [3.63, 3.8) is 0 Å². The summed E-state index contributed by atoms with van der Waals surface area (Å²) in [6.45, 7) is 4.05. The van der Waals surface area contributed by atoms with Crippen molar-refractivity contribution in [1.29, 1.82) is 0 Å². The number of rotatable bonds is 1. The first-order valence-corrected chi connectivity index (χ1v) is 6.59. The summed E-state index contributed by atoms with van der Waals surface area (Å²) in [5.74, 6) is 0.898. The van der Waals surface area contributed by atoms with Gasteiger partial charge in [0.2, 0.25) is 0 Å². The third kappa shape index (κ3) is 2.34. The first kappa shape index (κ1) is 12.2. The van der Waals surface area contributed by atoms with Gasteiger partial charge >= 0.3 is 0 Å². The molecule has 2 heterocycles. The Labute approximate surface area is 113 Å². The Morgan fingerprint density at radius 1 is 1.21 bits per heavy atom. The molecule has 1 aromatic heterocycles. The van der Waals surface area contributed by atoms with E-state index in [1.54, 1.807) is 0 Å². The quantitative estimate of drug-likeness (QED) is 0.850. The lowest BCUT2D eigenvalue weighted by Gasteiger charge is -2.30. The van der Waals surface area contributed by atoms with Crippen molar-refractivity contribution in [1.82, 2.24) is 4.98 Å². The van der Waals surface area contributed by atoms with Crippen molar-refractivity contribution < 1.29 is 4.74 Å². The molecule has 1 aromatic carbocycles. The molecule has 2 atom stereocenters. The molecule has 0 saturated carbocycles. The molecule has 0 bridgehead atoms. The van der Waals surface area contributed by atoms with Gasteiger partial charge in [0.25, 0.3) is 0 Å². The Morgan fingerprint density at radius 2 is 2.05 bits per heavy atom. The van der Waals surface area contributed by atoms with Gasteiger partial charge in [0.15, 0.2) is 0 Å². The number of pyridine rings is 1. The lowest BCUT2D eigenvalue weighted by molar-refractivity contribution is 0.161. The Kier molecular flexibility index (Phi) is 2.99. The number of benzene rings is 1. The van der Waals surface area contributed by atoms with Gasteiger partial charge in [-0.2, -0.15) is 0 Å². The lowest BCUT2D eigenvalue weighted by atomic mass is 9.93. The monoisotopic (exact) mass is 254 g/mol. The summed E-state index contributed by atoms with van der Waals surface area (Å²) in [6, 6.07) is 10.3. The number of fused-ring (bicyclic) bond motifs is 1. The van der Waals surface area contributed by atoms with Crippen molar-refractivity contribution in [2.24, 2.45) is 5.73 Å². The van der Waals surface area contributed by atoms with Crippen LogP contribution >= 0.6 is 0 Å². The van der Waals surface area contributed by atoms with Gasteiger partial charge in [-0.15, -0.1) is 0 Å². The van der Waals surface area contributed by atoms with E-state index in [4.69, 9.17) is 10.5 Å². The first-order valence-electron chi connectivity index (χ1n) is 6.59. The average Bonchev–Trinajstić information content (AvgIpc) is 2.40. The Balaban J connectivity index is 1.92. The second-order valence-electron chi connectivity index (χ2n) is 5.22. The standard InChI is InChI=1S/C16H18N2O/c1-10-3-6-15-13(7-10)14(17)8-16(19-15)12-5-4-11(2)18-9-12/h3-7,9,14,16H,8,17H2,1-2H3/t14-,16?/m1/s1. The summed E-state index contributed by atoms with van der Waals surface area (Å²) in [6.07, 6.45) is 2.67. The molecular weight excluding hydrogens is 236 g/mol. The van der Waals surface area contributed by atoms with Crippen LogP contribution in [-0.2, 0) is 0 Å². The van der Waals surface area contributed by atoms with E-state index in [1.807, 2.05) is 25.3 Å². The zero-order valence-corrected chi connectivity index (χ0v) is 11.3. The number of aryl methyl sites for hydroxylation is 2. The van der Waals surface area contributed by atoms with E-state index in [1.165, 1.54) is 5.56 Å². The third-order valence-corrected chi connectivity index (χ3v) is 3.61. The van der Waals surface area contributed by atoms with Crippen LogP contribution < -0.4 is 10.5 Å². The number of hydrogen-bond donors (Lipinski definition) is 1. The summed E-state index contributed by atoms with van der Waals surface area (Å²) >= 11 is 0. The highest BCUT2D eigenvalue weighted by Crippen LogP contribution is 2.39. The maximum Gasteiger partial charge on any atom is 0.127 e. The minimum absolute atomic E-state index is 0.00157. The predicted molar refractivity (Wildman–Crippen MR) is 75.1 cm³/mol. The van der Waals surface area contributed by atoms with Gasteiger partial charge in [-0.05, 0) is 26.0 Å². The van der Waals surface area contributed by atoms with E-state index in [0.717, 1.165) is 29.0 Å². The summed E-state index contributed by atoms with van der Waals surface area (Å²) in [4.78, 5) is 4.33. The zero-order valence-electron chi connectivity index (χ0n) is 11.3. The van der Waals surface area contributed by atoms with Crippen LogP contribution in [0.1, 0.15) is 41.0 Å². The molecule has 1 unspecified atom stereocenters. The van der Waals surface area contributed by atoms with Gasteiger partial charge in [0.1, 0.15) is 11.9 Å². The van der Waals surface area contributed by atoms with Crippen LogP contribution in [0.2, 0.25) is 0 Å². The molecule has 0 radical (unpaired) electrons. The summed E-state index contributed by atoms with van der Waals surface area (Å²) < 4.78 is 6.06. The normalized spacial score (nSPS) is 21.6.